The molecule has 0 aliphatic rings. The van der Waals surface area contributed by atoms with Crippen molar-refractivity contribution in [1.82, 2.24) is 10.2 Å². The third-order valence-electron chi connectivity index (χ3n) is 2.40. The Morgan fingerprint density at radius 1 is 1.50 bits per heavy atom. The van der Waals surface area contributed by atoms with E-state index in [1.165, 1.54) is 0 Å². The van der Waals surface area contributed by atoms with Gasteiger partial charge in [-0.25, -0.2) is 0 Å². The van der Waals surface area contributed by atoms with E-state index in [0.29, 0.717) is 0 Å². The molecule has 0 radical (unpaired) electrons. The van der Waals surface area contributed by atoms with Gasteiger partial charge in [-0.05, 0) is 48.7 Å². The van der Waals surface area contributed by atoms with Crippen molar-refractivity contribution in [3.05, 3.63) is 32.9 Å². The molecule has 1 aromatic carbocycles. The summed E-state index contributed by atoms with van der Waals surface area (Å²) in [4.78, 5) is 13.9. The van der Waals surface area contributed by atoms with Crippen molar-refractivity contribution in [3.8, 4) is 0 Å². The van der Waals surface area contributed by atoms with Crippen LogP contribution in [-0.2, 0) is 0 Å². The molecule has 3 nitrogen and oxygen atoms in total. The van der Waals surface area contributed by atoms with E-state index in [2.05, 4.69) is 27.9 Å². The second kappa shape index (κ2) is 6.20. The third kappa shape index (κ3) is 3.45. The number of halogens is 1. The van der Waals surface area contributed by atoms with Crippen LogP contribution in [0.5, 0.6) is 0 Å². The fraction of sp³-hybridized carbons (Fsp3) is 0.417. The van der Waals surface area contributed by atoms with Gasteiger partial charge in [0.25, 0.3) is 5.91 Å². The van der Waals surface area contributed by atoms with Crippen LogP contribution in [0.25, 0.3) is 0 Å². The lowest BCUT2D eigenvalue weighted by Crippen LogP contribution is -2.33. The molecule has 16 heavy (non-hydrogen) atoms. The summed E-state index contributed by atoms with van der Waals surface area (Å²) in [6.45, 7) is 3.53. The molecule has 1 amide bonds. The largest absolute Gasteiger partial charge is 0.340 e. The smallest absolute Gasteiger partial charge is 0.254 e. The van der Waals surface area contributed by atoms with E-state index in [-0.39, 0.29) is 5.91 Å². The van der Waals surface area contributed by atoms with Gasteiger partial charge in [0.15, 0.2) is 0 Å². The van der Waals surface area contributed by atoms with E-state index < -0.39 is 0 Å². The Kier molecular flexibility index (Phi) is 5.21. The summed E-state index contributed by atoms with van der Waals surface area (Å²) >= 11 is 2.20. The van der Waals surface area contributed by atoms with Crippen LogP contribution in [0, 0.1) is 10.5 Å². The van der Waals surface area contributed by atoms with Gasteiger partial charge in [0, 0.05) is 23.7 Å². The van der Waals surface area contributed by atoms with Crippen molar-refractivity contribution < 1.29 is 4.79 Å². The molecule has 0 heterocycles. The topological polar surface area (TPSA) is 32.3 Å². The van der Waals surface area contributed by atoms with Gasteiger partial charge >= 0.3 is 0 Å². The van der Waals surface area contributed by atoms with Gasteiger partial charge < -0.3 is 10.2 Å². The van der Waals surface area contributed by atoms with Crippen LogP contribution in [0.3, 0.4) is 0 Å². The monoisotopic (exact) mass is 332 g/mol. The highest BCUT2D eigenvalue weighted by molar-refractivity contribution is 14.1. The normalized spacial score (nSPS) is 10.2. The zero-order valence-electron chi connectivity index (χ0n) is 9.88. The van der Waals surface area contributed by atoms with E-state index in [1.807, 2.05) is 39.2 Å². The van der Waals surface area contributed by atoms with Crippen LogP contribution in [0.1, 0.15) is 15.9 Å². The second-order valence-electron chi connectivity index (χ2n) is 3.81. The molecule has 0 aliphatic heterocycles. The Balaban J connectivity index is 2.83. The second-order valence-corrected chi connectivity index (χ2v) is 4.98. The molecular formula is C12H17IN2O. The predicted molar refractivity (Wildman–Crippen MR) is 74.8 cm³/mol. The van der Waals surface area contributed by atoms with E-state index >= 15 is 0 Å². The van der Waals surface area contributed by atoms with Gasteiger partial charge in [-0.3, -0.25) is 4.79 Å². The van der Waals surface area contributed by atoms with Crippen LogP contribution in [0.15, 0.2) is 18.2 Å². The minimum atomic E-state index is 0.0864. The standard InChI is InChI=1S/C12H17IN2O/c1-9-4-5-11(13)10(8-9)12(16)15(3)7-6-14-2/h4-5,8,14H,6-7H2,1-3H3. The summed E-state index contributed by atoms with van der Waals surface area (Å²) in [6.07, 6.45) is 0. The number of rotatable bonds is 4. The van der Waals surface area contributed by atoms with Crippen molar-refractivity contribution in [2.45, 2.75) is 6.92 Å². The molecule has 1 rings (SSSR count). The van der Waals surface area contributed by atoms with Gasteiger partial charge in [-0.1, -0.05) is 11.6 Å². The van der Waals surface area contributed by atoms with Crippen LogP contribution >= 0.6 is 22.6 Å². The number of carbonyl (C=O) groups is 1. The van der Waals surface area contributed by atoms with Gasteiger partial charge in [0.2, 0.25) is 0 Å². The van der Waals surface area contributed by atoms with Crippen molar-refractivity contribution in [3.63, 3.8) is 0 Å². The zero-order chi connectivity index (χ0) is 12.1. The Morgan fingerprint density at radius 3 is 2.81 bits per heavy atom. The summed E-state index contributed by atoms with van der Waals surface area (Å²) in [5, 5.41) is 3.04. The van der Waals surface area contributed by atoms with E-state index in [0.717, 1.165) is 27.8 Å². The first-order chi connectivity index (χ1) is 7.56. The molecule has 0 atom stereocenters. The zero-order valence-corrected chi connectivity index (χ0v) is 12.0. The molecule has 0 saturated heterocycles. The Bertz CT molecular complexity index is 379. The van der Waals surface area contributed by atoms with E-state index in [9.17, 15) is 4.79 Å². The number of nitrogens with zero attached hydrogens (tertiary/aromatic N) is 1. The maximum atomic E-state index is 12.1. The van der Waals surface area contributed by atoms with Crippen molar-refractivity contribution in [2.24, 2.45) is 0 Å². The molecule has 0 spiro atoms. The SMILES string of the molecule is CNCCN(C)C(=O)c1cc(C)ccc1I. The van der Waals surface area contributed by atoms with Crippen molar-refractivity contribution >= 4 is 28.5 Å². The predicted octanol–water partition coefficient (Wildman–Crippen LogP) is 1.89. The Morgan fingerprint density at radius 2 is 2.19 bits per heavy atom. The minimum absolute atomic E-state index is 0.0864. The number of amides is 1. The van der Waals surface area contributed by atoms with E-state index in [1.54, 1.807) is 4.90 Å². The molecule has 4 heteroatoms. The highest BCUT2D eigenvalue weighted by Crippen LogP contribution is 2.15. The quantitative estimate of drug-likeness (QED) is 0.854. The van der Waals surface area contributed by atoms with Gasteiger partial charge in [-0.15, -0.1) is 0 Å². The van der Waals surface area contributed by atoms with Crippen LogP contribution in [0.4, 0.5) is 0 Å². The first-order valence-corrected chi connectivity index (χ1v) is 6.30. The maximum Gasteiger partial charge on any atom is 0.254 e. The summed E-state index contributed by atoms with van der Waals surface area (Å²) in [6, 6.07) is 5.95. The molecule has 0 unspecified atom stereocenters. The molecule has 0 fully saturated rings. The molecular weight excluding hydrogens is 315 g/mol. The number of aryl methyl sites for hydroxylation is 1. The molecule has 1 aromatic rings. The lowest BCUT2D eigenvalue weighted by atomic mass is 10.1. The van der Waals surface area contributed by atoms with Crippen LogP contribution in [0.2, 0.25) is 0 Å². The molecule has 0 bridgehead atoms. The minimum Gasteiger partial charge on any atom is -0.340 e. The average Bonchev–Trinajstić information content (AvgIpc) is 2.28. The van der Waals surface area contributed by atoms with Gasteiger partial charge in [0.05, 0.1) is 5.56 Å². The van der Waals surface area contributed by atoms with Crippen LogP contribution in [-0.4, -0.2) is 38.0 Å². The Labute approximate surface area is 110 Å². The molecule has 88 valence electrons. The molecule has 0 saturated carbocycles. The number of benzene rings is 1. The number of carbonyl (C=O) groups excluding carboxylic acids is 1. The first-order valence-electron chi connectivity index (χ1n) is 5.22. The lowest BCUT2D eigenvalue weighted by Gasteiger charge is -2.18. The van der Waals surface area contributed by atoms with Gasteiger partial charge in [-0.2, -0.15) is 0 Å². The summed E-state index contributed by atoms with van der Waals surface area (Å²) in [5.41, 5.74) is 1.91. The summed E-state index contributed by atoms with van der Waals surface area (Å²) in [5.74, 6) is 0.0864. The summed E-state index contributed by atoms with van der Waals surface area (Å²) < 4.78 is 1.00. The maximum absolute atomic E-state index is 12.1. The van der Waals surface area contributed by atoms with Crippen LogP contribution < -0.4 is 5.32 Å². The van der Waals surface area contributed by atoms with E-state index in [4.69, 9.17) is 0 Å². The first kappa shape index (κ1) is 13.4. The number of likely N-dealkylation sites (N-methyl/N-ethyl adjacent to an activating group) is 2. The Hall–Kier alpha value is -0.620. The molecule has 0 aliphatic carbocycles. The highest BCUT2D eigenvalue weighted by Gasteiger charge is 2.14. The average molecular weight is 332 g/mol. The summed E-state index contributed by atoms with van der Waals surface area (Å²) in [7, 11) is 3.72. The molecule has 1 N–H and O–H groups in total. The highest BCUT2D eigenvalue weighted by atomic mass is 127. The fourth-order valence-corrected chi connectivity index (χ4v) is 1.96. The third-order valence-corrected chi connectivity index (χ3v) is 3.34. The van der Waals surface area contributed by atoms with Crippen molar-refractivity contribution in [1.29, 1.82) is 0 Å². The molecule has 0 aromatic heterocycles. The fourth-order valence-electron chi connectivity index (χ4n) is 1.39. The lowest BCUT2D eigenvalue weighted by molar-refractivity contribution is 0.0795. The van der Waals surface area contributed by atoms with Crippen molar-refractivity contribution in [2.75, 3.05) is 27.2 Å². The number of hydrogen-bond acceptors (Lipinski definition) is 2. The van der Waals surface area contributed by atoms with Gasteiger partial charge in [0.1, 0.15) is 0 Å². The number of hydrogen-bond donors (Lipinski definition) is 1. The number of nitrogens with one attached hydrogen (secondary N) is 1.